The Labute approximate surface area is 108 Å². The average molecular weight is 298 g/mol. The summed E-state index contributed by atoms with van der Waals surface area (Å²) in [6.07, 6.45) is 1.88. The van der Waals surface area contributed by atoms with Crippen LogP contribution in [-0.4, -0.2) is 28.9 Å². The lowest BCUT2D eigenvalue weighted by molar-refractivity contribution is -0.132. The number of benzene rings is 1. The molecule has 1 amide bonds. The van der Waals surface area contributed by atoms with E-state index in [1.165, 1.54) is 4.90 Å². The van der Waals surface area contributed by atoms with Gasteiger partial charge in [0, 0.05) is 30.2 Å². The molecule has 0 saturated heterocycles. The van der Waals surface area contributed by atoms with Gasteiger partial charge >= 0.3 is 5.97 Å². The minimum atomic E-state index is -1.13. The first-order valence-corrected chi connectivity index (χ1v) is 5.69. The van der Waals surface area contributed by atoms with Gasteiger partial charge in [-0.3, -0.25) is 4.79 Å². The molecular formula is C12H12BrNO3. The number of nitrogens with zero attached hydrogens (tertiary/aromatic N) is 1. The second kappa shape index (κ2) is 6.20. The zero-order valence-electron chi connectivity index (χ0n) is 9.26. The second-order valence-corrected chi connectivity index (χ2v) is 4.41. The van der Waals surface area contributed by atoms with Gasteiger partial charge in [-0.1, -0.05) is 28.1 Å². The minimum absolute atomic E-state index is 0.338. The standard InChI is InChI=1S/C12H12BrNO3/c1-14(11(15)6-7-12(16)17)8-9-2-4-10(13)5-3-9/h2-7H,8H2,1H3,(H,16,17)/b7-6+. The first kappa shape index (κ1) is 13.4. The van der Waals surface area contributed by atoms with Gasteiger partial charge in [0.1, 0.15) is 0 Å². The third-order valence-electron chi connectivity index (χ3n) is 2.08. The smallest absolute Gasteiger partial charge is 0.328 e. The van der Waals surface area contributed by atoms with E-state index >= 15 is 0 Å². The van der Waals surface area contributed by atoms with E-state index in [0.717, 1.165) is 22.2 Å². The number of amides is 1. The Morgan fingerprint density at radius 3 is 2.41 bits per heavy atom. The summed E-state index contributed by atoms with van der Waals surface area (Å²) < 4.78 is 0.973. The monoisotopic (exact) mass is 297 g/mol. The summed E-state index contributed by atoms with van der Waals surface area (Å²) in [6, 6.07) is 7.57. The molecule has 0 fully saturated rings. The van der Waals surface area contributed by atoms with Crippen molar-refractivity contribution < 1.29 is 14.7 Å². The maximum Gasteiger partial charge on any atom is 0.328 e. The number of hydrogen-bond acceptors (Lipinski definition) is 2. The van der Waals surface area contributed by atoms with Crippen molar-refractivity contribution in [2.24, 2.45) is 0 Å². The number of carboxylic acids is 1. The molecule has 0 heterocycles. The molecule has 0 aromatic heterocycles. The van der Waals surface area contributed by atoms with Gasteiger partial charge in [-0.25, -0.2) is 4.79 Å². The van der Waals surface area contributed by atoms with Gasteiger partial charge in [0.15, 0.2) is 0 Å². The van der Waals surface area contributed by atoms with E-state index in [1.54, 1.807) is 7.05 Å². The third-order valence-corrected chi connectivity index (χ3v) is 2.61. The van der Waals surface area contributed by atoms with Gasteiger partial charge in [-0.15, -0.1) is 0 Å². The Bertz CT molecular complexity index is 440. The SMILES string of the molecule is CN(Cc1ccc(Br)cc1)C(=O)/C=C/C(=O)O. The second-order valence-electron chi connectivity index (χ2n) is 3.49. The number of rotatable bonds is 4. The third kappa shape index (κ3) is 4.82. The Morgan fingerprint density at radius 2 is 1.88 bits per heavy atom. The van der Waals surface area contributed by atoms with Crippen LogP contribution in [0.1, 0.15) is 5.56 Å². The summed E-state index contributed by atoms with van der Waals surface area (Å²) in [7, 11) is 1.62. The summed E-state index contributed by atoms with van der Waals surface area (Å²) in [5.41, 5.74) is 0.979. The number of likely N-dealkylation sites (N-methyl/N-ethyl adjacent to an activating group) is 1. The molecular weight excluding hydrogens is 286 g/mol. The van der Waals surface area contributed by atoms with Crippen LogP contribution in [0.25, 0.3) is 0 Å². The first-order valence-electron chi connectivity index (χ1n) is 4.89. The fourth-order valence-electron chi connectivity index (χ4n) is 1.21. The normalized spacial score (nSPS) is 10.5. The molecule has 17 heavy (non-hydrogen) atoms. The van der Waals surface area contributed by atoms with Crippen molar-refractivity contribution in [3.05, 3.63) is 46.5 Å². The fraction of sp³-hybridized carbons (Fsp3) is 0.167. The van der Waals surface area contributed by atoms with Crippen molar-refractivity contribution in [1.82, 2.24) is 4.90 Å². The lowest BCUT2D eigenvalue weighted by atomic mass is 10.2. The highest BCUT2D eigenvalue weighted by Gasteiger charge is 2.06. The van der Waals surface area contributed by atoms with Gasteiger partial charge in [-0.2, -0.15) is 0 Å². The number of hydrogen-bond donors (Lipinski definition) is 1. The predicted octanol–water partition coefficient (Wildman–Crippen LogP) is 2.05. The quantitative estimate of drug-likeness (QED) is 0.866. The largest absolute Gasteiger partial charge is 0.478 e. The van der Waals surface area contributed by atoms with Crippen molar-refractivity contribution in [1.29, 1.82) is 0 Å². The number of aliphatic carboxylic acids is 1. The van der Waals surface area contributed by atoms with Crippen LogP contribution in [0.3, 0.4) is 0 Å². The van der Waals surface area contributed by atoms with E-state index < -0.39 is 5.97 Å². The fourth-order valence-corrected chi connectivity index (χ4v) is 1.48. The van der Waals surface area contributed by atoms with E-state index in [1.807, 2.05) is 24.3 Å². The zero-order valence-corrected chi connectivity index (χ0v) is 10.8. The molecule has 1 N–H and O–H groups in total. The molecule has 0 aliphatic heterocycles. The summed E-state index contributed by atoms with van der Waals surface area (Å²) >= 11 is 3.32. The molecule has 0 saturated carbocycles. The van der Waals surface area contributed by atoms with Crippen LogP contribution in [0.5, 0.6) is 0 Å². The summed E-state index contributed by atoms with van der Waals surface area (Å²) in [5.74, 6) is -1.47. The summed E-state index contributed by atoms with van der Waals surface area (Å²) in [6.45, 7) is 0.441. The number of carbonyl (C=O) groups is 2. The maximum absolute atomic E-state index is 11.5. The highest BCUT2D eigenvalue weighted by molar-refractivity contribution is 9.10. The molecule has 0 spiro atoms. The molecule has 5 heteroatoms. The van der Waals surface area contributed by atoms with E-state index in [-0.39, 0.29) is 5.91 Å². The van der Waals surface area contributed by atoms with E-state index in [9.17, 15) is 9.59 Å². The molecule has 0 atom stereocenters. The number of carbonyl (C=O) groups excluding carboxylic acids is 1. The maximum atomic E-state index is 11.5. The number of carboxylic acid groups (broad SMARTS) is 1. The van der Waals surface area contributed by atoms with Gasteiger partial charge in [-0.05, 0) is 17.7 Å². The average Bonchev–Trinajstić information content (AvgIpc) is 2.28. The molecule has 1 aromatic rings. The predicted molar refractivity (Wildman–Crippen MR) is 67.4 cm³/mol. The Balaban J connectivity index is 2.59. The highest BCUT2D eigenvalue weighted by atomic mass is 79.9. The van der Waals surface area contributed by atoms with Gasteiger partial charge in [0.2, 0.25) is 5.91 Å². The molecule has 0 aliphatic carbocycles. The lowest BCUT2D eigenvalue weighted by Crippen LogP contribution is -2.24. The van der Waals surface area contributed by atoms with Crippen LogP contribution < -0.4 is 0 Å². The number of halogens is 1. The van der Waals surface area contributed by atoms with Crippen LogP contribution in [0.4, 0.5) is 0 Å². The first-order chi connectivity index (χ1) is 7.99. The molecule has 0 aliphatic rings. The molecule has 4 nitrogen and oxygen atoms in total. The molecule has 90 valence electrons. The van der Waals surface area contributed by atoms with Gasteiger partial charge in [0.05, 0.1) is 0 Å². The highest BCUT2D eigenvalue weighted by Crippen LogP contribution is 2.11. The van der Waals surface area contributed by atoms with E-state index in [0.29, 0.717) is 6.54 Å². The van der Waals surface area contributed by atoms with Crippen molar-refractivity contribution in [2.75, 3.05) is 7.05 Å². The van der Waals surface area contributed by atoms with Crippen molar-refractivity contribution in [2.45, 2.75) is 6.54 Å². The van der Waals surface area contributed by atoms with Crippen molar-refractivity contribution in [3.63, 3.8) is 0 Å². The Morgan fingerprint density at radius 1 is 1.29 bits per heavy atom. The van der Waals surface area contributed by atoms with Crippen LogP contribution >= 0.6 is 15.9 Å². The van der Waals surface area contributed by atoms with Crippen molar-refractivity contribution >= 4 is 27.8 Å². The minimum Gasteiger partial charge on any atom is -0.478 e. The zero-order chi connectivity index (χ0) is 12.8. The summed E-state index contributed by atoms with van der Waals surface area (Å²) in [4.78, 5) is 23.2. The van der Waals surface area contributed by atoms with E-state index in [4.69, 9.17) is 5.11 Å². The Kier molecular flexibility index (Phi) is 4.90. The van der Waals surface area contributed by atoms with Crippen LogP contribution in [-0.2, 0) is 16.1 Å². The molecule has 1 rings (SSSR count). The van der Waals surface area contributed by atoms with E-state index in [2.05, 4.69) is 15.9 Å². The Hall–Kier alpha value is -1.62. The van der Waals surface area contributed by atoms with Crippen LogP contribution in [0.2, 0.25) is 0 Å². The van der Waals surface area contributed by atoms with Gasteiger partial charge in [0.25, 0.3) is 0 Å². The van der Waals surface area contributed by atoms with Crippen LogP contribution in [0, 0.1) is 0 Å². The molecule has 0 unspecified atom stereocenters. The topological polar surface area (TPSA) is 57.6 Å². The summed E-state index contributed by atoms with van der Waals surface area (Å²) in [5, 5.41) is 8.40. The lowest BCUT2D eigenvalue weighted by Gasteiger charge is -2.14. The molecule has 0 radical (unpaired) electrons. The molecule has 0 bridgehead atoms. The van der Waals surface area contributed by atoms with Crippen molar-refractivity contribution in [3.8, 4) is 0 Å². The molecule has 1 aromatic carbocycles. The van der Waals surface area contributed by atoms with Gasteiger partial charge < -0.3 is 10.0 Å². The van der Waals surface area contributed by atoms with Crippen LogP contribution in [0.15, 0.2) is 40.9 Å².